The van der Waals surface area contributed by atoms with E-state index in [9.17, 15) is 8.42 Å². The zero-order valence-electron chi connectivity index (χ0n) is 6.33. The first-order valence-electron chi connectivity index (χ1n) is 3.52. The maximum atomic E-state index is 11.0. The van der Waals surface area contributed by atoms with Crippen molar-refractivity contribution >= 4 is 27.1 Å². The molecule has 2 bridgehead atoms. The van der Waals surface area contributed by atoms with Gasteiger partial charge in [-0.25, -0.2) is 13.6 Å². The van der Waals surface area contributed by atoms with E-state index in [1.807, 2.05) is 11.8 Å². The van der Waals surface area contributed by atoms with Gasteiger partial charge in [0.15, 0.2) is 0 Å². The van der Waals surface area contributed by atoms with Crippen molar-refractivity contribution in [3.05, 3.63) is 11.6 Å². The van der Waals surface area contributed by atoms with Gasteiger partial charge < -0.3 is 4.90 Å². The second kappa shape index (κ2) is 1.38. The van der Waals surface area contributed by atoms with E-state index in [0.29, 0.717) is 0 Å². The zero-order chi connectivity index (χ0) is 8.67. The summed E-state index contributed by atoms with van der Waals surface area (Å²) in [6.45, 7) is 1.89. The molecule has 2 N–H and O–H groups in total. The molecule has 3 aliphatic heterocycles. The number of nitrogens with two attached hydrogens (primary N) is 1. The lowest BCUT2D eigenvalue weighted by atomic mass is 10.2. The van der Waals surface area contributed by atoms with Crippen LogP contribution in [0.3, 0.4) is 0 Å². The van der Waals surface area contributed by atoms with Gasteiger partial charge in [-0.05, 0) is 18.6 Å². The lowest BCUT2D eigenvalue weighted by Gasteiger charge is -2.04. The molecule has 4 rings (SSSR count). The van der Waals surface area contributed by atoms with Gasteiger partial charge in [0, 0.05) is 0 Å². The Hall–Kier alpha value is -1.07. The third-order valence-corrected chi connectivity index (χ3v) is 3.20. The van der Waals surface area contributed by atoms with E-state index in [4.69, 9.17) is 5.14 Å². The summed E-state index contributed by atoms with van der Waals surface area (Å²) in [5.41, 5.74) is 4.04. The summed E-state index contributed by atoms with van der Waals surface area (Å²) in [6.07, 6.45) is 0. The van der Waals surface area contributed by atoms with Crippen molar-refractivity contribution in [1.29, 1.82) is 0 Å². The molecule has 3 heterocycles. The predicted octanol–water partition coefficient (Wildman–Crippen LogP) is 0.739. The van der Waals surface area contributed by atoms with Crippen LogP contribution >= 0.6 is 0 Å². The predicted molar refractivity (Wildman–Crippen MR) is 44.4 cm³/mol. The maximum Gasteiger partial charge on any atom is 0.240 e. The Labute approximate surface area is 69.6 Å². The van der Waals surface area contributed by atoms with Gasteiger partial charge in [0.2, 0.25) is 10.0 Å². The second-order valence-electron chi connectivity index (χ2n) is 3.12. The Morgan fingerprint density at radius 1 is 1.33 bits per heavy atom. The molecule has 0 aliphatic carbocycles. The number of nitrogens with zero attached hydrogens (tertiary/aromatic N) is 1. The van der Waals surface area contributed by atoms with Crippen molar-refractivity contribution in [2.24, 2.45) is 5.14 Å². The topological polar surface area (TPSA) is 63.2 Å². The van der Waals surface area contributed by atoms with Crippen molar-refractivity contribution in [2.45, 2.75) is 11.8 Å². The molecule has 0 fully saturated rings. The van der Waals surface area contributed by atoms with Crippen molar-refractivity contribution in [1.82, 2.24) is 0 Å². The summed E-state index contributed by atoms with van der Waals surface area (Å²) in [5, 5.41) is 5.02. The van der Waals surface area contributed by atoms with Crippen LogP contribution in [0.2, 0.25) is 0 Å². The maximum absolute atomic E-state index is 11.0. The highest BCUT2D eigenvalue weighted by molar-refractivity contribution is 7.89. The van der Waals surface area contributed by atoms with Crippen molar-refractivity contribution in [2.75, 3.05) is 4.90 Å². The molecule has 4 nitrogen and oxygen atoms in total. The van der Waals surface area contributed by atoms with Crippen LogP contribution in [0.15, 0.2) is 11.0 Å². The van der Waals surface area contributed by atoms with Crippen molar-refractivity contribution in [3.63, 3.8) is 0 Å². The summed E-state index contributed by atoms with van der Waals surface area (Å²) in [6, 6.07) is 1.63. The van der Waals surface area contributed by atoms with Crippen LogP contribution in [0.5, 0.6) is 0 Å². The molecule has 0 atom stereocenters. The molecule has 0 unspecified atom stereocenters. The molecule has 12 heavy (non-hydrogen) atoms. The smallest absolute Gasteiger partial charge is 0.240 e. The van der Waals surface area contributed by atoms with Crippen LogP contribution in [0.4, 0.5) is 17.1 Å². The molecule has 1 aromatic carbocycles. The van der Waals surface area contributed by atoms with Crippen molar-refractivity contribution in [3.8, 4) is 0 Å². The molecule has 0 spiro atoms. The SMILES string of the molecule is Cc1cc(S(N)(=O)=O)c2c3c1N23. The standard InChI is InChI=1S/C7H6N2O2S/c1-3-2-4(12(8,10)11)6-7-5(3)9(6)7/h2H,1H3,(H2,8,10,11). The van der Waals surface area contributed by atoms with Crippen LogP contribution in [0, 0.1) is 6.92 Å². The molecule has 0 radical (unpaired) electrons. The summed E-state index contributed by atoms with van der Waals surface area (Å²) in [7, 11) is -3.52. The third kappa shape index (κ3) is 0.518. The Bertz CT molecular complexity index is 519. The molecule has 0 saturated carbocycles. The molecule has 5 heteroatoms. The van der Waals surface area contributed by atoms with Crippen LogP contribution in [0.1, 0.15) is 5.56 Å². The second-order valence-corrected chi connectivity index (χ2v) is 4.65. The van der Waals surface area contributed by atoms with E-state index in [1.165, 1.54) is 5.69 Å². The third-order valence-electron chi connectivity index (χ3n) is 2.28. The summed E-state index contributed by atoms with van der Waals surface area (Å²) >= 11 is 0. The normalized spacial score (nSPS) is 16.0. The number of rotatable bonds is 1. The fourth-order valence-corrected chi connectivity index (χ4v) is 2.44. The number of aryl methyl sites for hydroxylation is 1. The number of sulfonamides is 1. The first-order valence-corrected chi connectivity index (χ1v) is 5.07. The van der Waals surface area contributed by atoms with E-state index in [0.717, 1.165) is 16.9 Å². The average molecular weight is 182 g/mol. The monoisotopic (exact) mass is 182 g/mol. The molecule has 0 aromatic heterocycles. The van der Waals surface area contributed by atoms with Gasteiger partial charge in [-0.1, -0.05) is 0 Å². The van der Waals surface area contributed by atoms with Crippen LogP contribution in [0.25, 0.3) is 0 Å². The number of fused-ring (bicyclic) bond motifs is 2. The Morgan fingerprint density at radius 3 is 2.33 bits per heavy atom. The van der Waals surface area contributed by atoms with Gasteiger partial charge >= 0.3 is 0 Å². The van der Waals surface area contributed by atoms with Crippen LogP contribution in [-0.4, -0.2) is 8.42 Å². The number of primary sulfonamides is 1. The fourth-order valence-electron chi connectivity index (χ4n) is 1.64. The Balaban J connectivity index is 2.36. The van der Waals surface area contributed by atoms with Gasteiger partial charge in [0.1, 0.15) is 4.90 Å². The van der Waals surface area contributed by atoms with E-state index < -0.39 is 10.0 Å². The van der Waals surface area contributed by atoms with E-state index in [-0.39, 0.29) is 4.90 Å². The quantitative estimate of drug-likeness (QED) is 0.564. The number of anilines is 3. The molecule has 62 valence electrons. The number of hydrogen-bond donors (Lipinski definition) is 1. The summed E-state index contributed by atoms with van der Waals surface area (Å²) in [4.78, 5) is 2.18. The fraction of sp³-hybridized carbons (Fsp3) is 0.143. The molecule has 0 saturated heterocycles. The van der Waals surface area contributed by atoms with E-state index in [1.54, 1.807) is 6.07 Å². The lowest BCUT2D eigenvalue weighted by molar-refractivity contribution is 0.598. The molecule has 3 aliphatic rings. The summed E-state index contributed by atoms with van der Waals surface area (Å²) in [5.74, 6) is 0. The van der Waals surface area contributed by atoms with Crippen molar-refractivity contribution < 1.29 is 8.42 Å². The highest BCUT2D eigenvalue weighted by Gasteiger charge is 2.55. The zero-order valence-corrected chi connectivity index (χ0v) is 7.14. The first-order chi connectivity index (χ1) is 5.52. The minimum atomic E-state index is -3.52. The van der Waals surface area contributed by atoms with Gasteiger partial charge in [-0.15, -0.1) is 0 Å². The molecular formula is C7H6N2O2S. The van der Waals surface area contributed by atoms with E-state index >= 15 is 0 Å². The number of hydrogen-bond acceptors (Lipinski definition) is 3. The summed E-state index contributed by atoms with van der Waals surface area (Å²) < 4.78 is 22.0. The van der Waals surface area contributed by atoms with Gasteiger partial charge in [-0.3, -0.25) is 0 Å². The van der Waals surface area contributed by atoms with Gasteiger partial charge in [-0.2, -0.15) is 0 Å². The largest absolute Gasteiger partial charge is 0.301 e. The Morgan fingerprint density at radius 2 is 1.92 bits per heavy atom. The van der Waals surface area contributed by atoms with Crippen LogP contribution < -0.4 is 10.0 Å². The highest BCUT2D eigenvalue weighted by atomic mass is 32.2. The number of benzene rings is 1. The van der Waals surface area contributed by atoms with Gasteiger partial charge in [0.25, 0.3) is 0 Å². The Kier molecular flexibility index (Phi) is 0.743. The minimum Gasteiger partial charge on any atom is -0.301 e. The van der Waals surface area contributed by atoms with Gasteiger partial charge in [0.05, 0.1) is 17.1 Å². The molecule has 1 aromatic rings. The minimum absolute atomic E-state index is 0.269. The lowest BCUT2D eigenvalue weighted by Crippen LogP contribution is -2.13. The highest BCUT2D eigenvalue weighted by Crippen LogP contribution is 2.77. The molecular weight excluding hydrogens is 176 g/mol. The average Bonchev–Trinajstić information content (AvgIpc) is 2.68. The van der Waals surface area contributed by atoms with Crippen LogP contribution in [-0.2, 0) is 10.0 Å². The first kappa shape index (κ1) is 6.45. The van der Waals surface area contributed by atoms with E-state index in [2.05, 4.69) is 0 Å². The molecule has 0 amide bonds.